The second kappa shape index (κ2) is 11.1. The number of ether oxygens (including phenoxy) is 1. The first kappa shape index (κ1) is 25.6. The van der Waals surface area contributed by atoms with E-state index in [0.29, 0.717) is 22.6 Å². The Morgan fingerprint density at radius 3 is 2.32 bits per heavy atom. The smallest absolute Gasteiger partial charge is 0.338 e. The molecular formula is C27H23N3O6S. The lowest BCUT2D eigenvalue weighted by Crippen LogP contribution is -2.31. The average Bonchev–Trinajstić information content (AvgIpc) is 3.15. The molecule has 3 N–H and O–H groups in total. The molecule has 0 radical (unpaired) electrons. The highest BCUT2D eigenvalue weighted by atomic mass is 32.2. The maximum absolute atomic E-state index is 12.9. The zero-order chi connectivity index (χ0) is 26.5. The number of amides is 3. The van der Waals surface area contributed by atoms with Crippen molar-refractivity contribution in [3.05, 3.63) is 83.9 Å². The molecule has 188 valence electrons. The number of esters is 1. The van der Waals surface area contributed by atoms with Crippen molar-refractivity contribution < 1.29 is 28.7 Å². The van der Waals surface area contributed by atoms with E-state index < -0.39 is 23.7 Å². The molecule has 0 saturated carbocycles. The Balaban J connectivity index is 1.32. The highest BCUT2D eigenvalue weighted by Gasteiger charge is 2.40. The molecular weight excluding hydrogens is 494 g/mol. The molecule has 1 atom stereocenters. The average molecular weight is 518 g/mol. The molecule has 10 heteroatoms. The summed E-state index contributed by atoms with van der Waals surface area (Å²) in [4.78, 5) is 63.2. The predicted octanol–water partition coefficient (Wildman–Crippen LogP) is 3.69. The van der Waals surface area contributed by atoms with Crippen LogP contribution in [0.4, 0.5) is 17.1 Å². The summed E-state index contributed by atoms with van der Waals surface area (Å²) in [5.41, 5.74) is 7.84. The quantitative estimate of drug-likeness (QED) is 0.200. The summed E-state index contributed by atoms with van der Waals surface area (Å²) in [5.74, 6) is -2.05. The van der Waals surface area contributed by atoms with Gasteiger partial charge in [0.2, 0.25) is 11.8 Å². The van der Waals surface area contributed by atoms with Crippen molar-refractivity contribution in [1.82, 2.24) is 0 Å². The van der Waals surface area contributed by atoms with E-state index in [1.165, 1.54) is 43.0 Å². The molecule has 1 fully saturated rings. The monoisotopic (exact) mass is 517 g/mol. The van der Waals surface area contributed by atoms with Gasteiger partial charge in [-0.2, -0.15) is 0 Å². The van der Waals surface area contributed by atoms with E-state index in [-0.39, 0.29) is 29.6 Å². The Morgan fingerprint density at radius 2 is 1.68 bits per heavy atom. The van der Waals surface area contributed by atoms with Crippen molar-refractivity contribution in [1.29, 1.82) is 0 Å². The SMILES string of the molecule is CC(=O)c1ccc(NC(=O)COC(=O)c2ccc(N3C(=O)CC(Sc4cccc(N)c4)C3=O)cc2)cc1. The number of hydrogen-bond donors (Lipinski definition) is 2. The van der Waals surface area contributed by atoms with Gasteiger partial charge in [-0.15, -0.1) is 11.8 Å². The Kier molecular flexibility index (Phi) is 7.69. The third kappa shape index (κ3) is 6.22. The van der Waals surface area contributed by atoms with Crippen LogP contribution in [0.15, 0.2) is 77.7 Å². The minimum atomic E-state index is -0.734. The van der Waals surface area contributed by atoms with Crippen molar-refractivity contribution in [3.63, 3.8) is 0 Å². The number of anilines is 3. The Morgan fingerprint density at radius 1 is 1.00 bits per heavy atom. The normalized spacial score (nSPS) is 14.9. The predicted molar refractivity (Wildman–Crippen MR) is 139 cm³/mol. The molecule has 37 heavy (non-hydrogen) atoms. The number of nitrogens with zero attached hydrogens (tertiary/aromatic N) is 1. The molecule has 0 bridgehead atoms. The van der Waals surface area contributed by atoms with Gasteiger partial charge in [0.25, 0.3) is 5.91 Å². The van der Waals surface area contributed by atoms with Crippen LogP contribution in [-0.2, 0) is 19.1 Å². The zero-order valence-corrected chi connectivity index (χ0v) is 20.6. The first-order valence-corrected chi connectivity index (χ1v) is 12.2. The highest BCUT2D eigenvalue weighted by Crippen LogP contribution is 2.34. The van der Waals surface area contributed by atoms with Crippen LogP contribution in [0.3, 0.4) is 0 Å². The van der Waals surface area contributed by atoms with Crippen molar-refractivity contribution >= 4 is 58.3 Å². The van der Waals surface area contributed by atoms with E-state index in [2.05, 4.69) is 5.32 Å². The number of imide groups is 1. The number of nitrogens with one attached hydrogen (secondary N) is 1. The Hall–Kier alpha value is -4.44. The molecule has 1 aliphatic heterocycles. The number of hydrogen-bond acceptors (Lipinski definition) is 8. The first-order valence-electron chi connectivity index (χ1n) is 11.3. The maximum atomic E-state index is 12.9. The van der Waals surface area contributed by atoms with Crippen LogP contribution < -0.4 is 16.0 Å². The fourth-order valence-electron chi connectivity index (χ4n) is 3.67. The van der Waals surface area contributed by atoms with Crippen LogP contribution in [0.5, 0.6) is 0 Å². The molecule has 1 saturated heterocycles. The lowest BCUT2D eigenvalue weighted by Gasteiger charge is -2.15. The van der Waals surface area contributed by atoms with E-state index in [1.54, 1.807) is 42.5 Å². The van der Waals surface area contributed by atoms with Gasteiger partial charge in [-0.25, -0.2) is 9.69 Å². The second-order valence-corrected chi connectivity index (χ2v) is 9.53. The van der Waals surface area contributed by atoms with Gasteiger partial charge >= 0.3 is 5.97 Å². The summed E-state index contributed by atoms with van der Waals surface area (Å²) in [5, 5.41) is 2.00. The maximum Gasteiger partial charge on any atom is 0.338 e. The van der Waals surface area contributed by atoms with Crippen LogP contribution in [0.1, 0.15) is 34.1 Å². The van der Waals surface area contributed by atoms with Gasteiger partial charge in [0, 0.05) is 28.3 Å². The van der Waals surface area contributed by atoms with Crippen LogP contribution in [-0.4, -0.2) is 41.3 Å². The molecule has 0 spiro atoms. The fraction of sp³-hybridized carbons (Fsp3) is 0.148. The van der Waals surface area contributed by atoms with Crippen molar-refractivity contribution in [2.24, 2.45) is 0 Å². The molecule has 1 aliphatic rings. The Bertz CT molecular complexity index is 1370. The first-order chi connectivity index (χ1) is 17.7. The van der Waals surface area contributed by atoms with Gasteiger partial charge in [0.1, 0.15) is 0 Å². The van der Waals surface area contributed by atoms with Crippen LogP contribution in [0.2, 0.25) is 0 Å². The van der Waals surface area contributed by atoms with Crippen LogP contribution >= 0.6 is 11.8 Å². The van der Waals surface area contributed by atoms with Crippen molar-refractivity contribution in [2.75, 3.05) is 22.6 Å². The number of rotatable bonds is 8. The minimum absolute atomic E-state index is 0.0503. The minimum Gasteiger partial charge on any atom is -0.452 e. The van der Waals surface area contributed by atoms with Crippen LogP contribution in [0.25, 0.3) is 0 Å². The van der Waals surface area contributed by atoms with Gasteiger partial charge in [-0.3, -0.25) is 19.2 Å². The topological polar surface area (TPSA) is 136 Å². The highest BCUT2D eigenvalue weighted by molar-refractivity contribution is 8.00. The molecule has 4 rings (SSSR count). The number of nitrogens with two attached hydrogens (primary N) is 1. The van der Waals surface area contributed by atoms with E-state index >= 15 is 0 Å². The number of ketones is 1. The summed E-state index contributed by atoms with van der Waals surface area (Å²) >= 11 is 1.28. The van der Waals surface area contributed by atoms with E-state index in [0.717, 1.165) is 9.80 Å². The van der Waals surface area contributed by atoms with Crippen molar-refractivity contribution in [2.45, 2.75) is 23.5 Å². The summed E-state index contributed by atoms with van der Waals surface area (Å²) < 4.78 is 5.06. The number of nitrogen functional groups attached to an aromatic ring is 1. The standard InChI is InChI=1S/C27H23N3O6S/c1-16(31)17-5-9-20(10-6-17)29-24(32)15-36-27(35)18-7-11-21(12-8-18)30-25(33)14-23(26(30)34)37-22-4-2-3-19(28)13-22/h2-13,23H,14-15,28H2,1H3,(H,29,32). The van der Waals surface area contributed by atoms with Gasteiger partial charge in [0.15, 0.2) is 12.4 Å². The summed E-state index contributed by atoms with van der Waals surface area (Å²) in [7, 11) is 0. The van der Waals surface area contributed by atoms with Gasteiger partial charge in [-0.1, -0.05) is 6.07 Å². The number of Topliss-reactive ketones (excluding diaryl/α,β-unsaturated/α-hetero) is 1. The molecule has 0 aliphatic carbocycles. The molecule has 3 amide bonds. The molecule has 3 aromatic rings. The van der Waals surface area contributed by atoms with E-state index in [4.69, 9.17) is 10.5 Å². The largest absolute Gasteiger partial charge is 0.452 e. The molecule has 9 nitrogen and oxygen atoms in total. The number of thioether (sulfide) groups is 1. The number of carbonyl (C=O) groups excluding carboxylic acids is 5. The lowest BCUT2D eigenvalue weighted by atomic mass is 10.1. The van der Waals surface area contributed by atoms with Gasteiger partial charge in [-0.05, 0) is 73.7 Å². The fourth-order valence-corrected chi connectivity index (χ4v) is 4.79. The number of carbonyl (C=O) groups is 5. The summed E-state index contributed by atoms with van der Waals surface area (Å²) in [6.45, 7) is 0.931. The molecule has 3 aromatic carbocycles. The van der Waals surface area contributed by atoms with Crippen LogP contribution in [0, 0.1) is 0 Å². The van der Waals surface area contributed by atoms with E-state index in [9.17, 15) is 24.0 Å². The third-order valence-electron chi connectivity index (χ3n) is 5.51. The zero-order valence-electron chi connectivity index (χ0n) is 19.8. The Labute approximate surface area is 217 Å². The molecule has 1 heterocycles. The second-order valence-electron chi connectivity index (χ2n) is 8.26. The summed E-state index contributed by atoms with van der Waals surface area (Å²) in [6.07, 6.45) is 0.0503. The third-order valence-corrected chi connectivity index (χ3v) is 6.69. The van der Waals surface area contributed by atoms with Crippen molar-refractivity contribution in [3.8, 4) is 0 Å². The molecule has 0 aromatic heterocycles. The number of benzene rings is 3. The van der Waals surface area contributed by atoms with Gasteiger partial charge in [0.05, 0.1) is 16.5 Å². The van der Waals surface area contributed by atoms with Gasteiger partial charge < -0.3 is 15.8 Å². The summed E-state index contributed by atoms with van der Waals surface area (Å²) in [6, 6.07) is 19.2. The lowest BCUT2D eigenvalue weighted by molar-refractivity contribution is -0.121. The molecule has 1 unspecified atom stereocenters. The van der Waals surface area contributed by atoms with E-state index in [1.807, 2.05) is 6.07 Å².